The Kier molecular flexibility index (Phi) is 3.78. The summed E-state index contributed by atoms with van der Waals surface area (Å²) >= 11 is 0. The number of hydrogen-bond donors (Lipinski definition) is 3. The van der Waals surface area contributed by atoms with Crippen LogP contribution in [0, 0.1) is 11.6 Å². The number of anilines is 1. The summed E-state index contributed by atoms with van der Waals surface area (Å²) in [5, 5.41) is 0.356. The Hall–Kier alpha value is -2.85. The molecule has 124 valence electrons. The number of H-pyrrole nitrogens is 1. The molecule has 0 saturated carbocycles. The van der Waals surface area contributed by atoms with E-state index < -0.39 is 39.0 Å². The molecule has 0 unspecified atom stereocenters. The fraction of sp³-hybridized carbons (Fsp3) is 0. The van der Waals surface area contributed by atoms with Gasteiger partial charge >= 0.3 is 10.3 Å². The van der Waals surface area contributed by atoms with Crippen LogP contribution >= 0.6 is 0 Å². The molecule has 0 fully saturated rings. The molecule has 0 atom stereocenters. The molecule has 0 spiro atoms. The van der Waals surface area contributed by atoms with Gasteiger partial charge in [-0.2, -0.15) is 8.42 Å². The van der Waals surface area contributed by atoms with E-state index in [0.717, 1.165) is 12.1 Å². The fourth-order valence-electron chi connectivity index (χ4n) is 2.26. The van der Waals surface area contributed by atoms with Gasteiger partial charge in [-0.15, -0.1) is 0 Å². The molecule has 0 saturated heterocycles. The lowest BCUT2D eigenvalue weighted by molar-refractivity contribution is 0.103. The lowest BCUT2D eigenvalue weighted by Gasteiger charge is -2.09. The molecule has 3 N–H and O–H groups in total. The zero-order valence-electron chi connectivity index (χ0n) is 11.7. The van der Waals surface area contributed by atoms with E-state index >= 15 is 0 Å². The molecule has 10 heteroatoms. The summed E-state index contributed by atoms with van der Waals surface area (Å²) in [4.78, 5) is 19.2. The second kappa shape index (κ2) is 5.65. The van der Waals surface area contributed by atoms with Gasteiger partial charge in [0.2, 0.25) is 5.78 Å². The van der Waals surface area contributed by atoms with Crippen LogP contribution in [0.2, 0.25) is 0 Å². The van der Waals surface area contributed by atoms with Crippen molar-refractivity contribution in [1.82, 2.24) is 9.97 Å². The van der Waals surface area contributed by atoms with E-state index in [9.17, 15) is 22.0 Å². The van der Waals surface area contributed by atoms with Crippen molar-refractivity contribution in [2.24, 2.45) is 0 Å². The molecule has 0 bridgehead atoms. The van der Waals surface area contributed by atoms with E-state index in [2.05, 4.69) is 9.97 Å². The Morgan fingerprint density at radius 1 is 1.25 bits per heavy atom. The molecular formula is C14H9F2N3O4S. The van der Waals surface area contributed by atoms with Gasteiger partial charge < -0.3 is 4.98 Å². The predicted octanol–water partition coefficient (Wildman–Crippen LogP) is 2.29. The number of halogens is 2. The Balaban J connectivity index is 2.15. The smallest absolute Gasteiger partial charge is 0.345 e. The molecule has 0 amide bonds. The normalized spacial score (nSPS) is 11.6. The first-order chi connectivity index (χ1) is 11.3. The Morgan fingerprint density at radius 3 is 2.71 bits per heavy atom. The van der Waals surface area contributed by atoms with Crippen molar-refractivity contribution in [3.05, 3.63) is 59.4 Å². The molecular weight excluding hydrogens is 344 g/mol. The van der Waals surface area contributed by atoms with Crippen molar-refractivity contribution in [2.45, 2.75) is 0 Å². The van der Waals surface area contributed by atoms with Crippen LogP contribution in [-0.4, -0.2) is 28.7 Å². The Labute approximate surface area is 134 Å². The van der Waals surface area contributed by atoms with Gasteiger partial charge in [-0.05, 0) is 24.3 Å². The molecule has 1 aromatic carbocycles. The highest BCUT2D eigenvalue weighted by Crippen LogP contribution is 2.27. The van der Waals surface area contributed by atoms with Gasteiger partial charge in [-0.25, -0.2) is 13.8 Å². The number of pyridine rings is 1. The maximum Gasteiger partial charge on any atom is 0.357 e. The number of carbonyl (C=O) groups is 1. The number of ketones is 1. The van der Waals surface area contributed by atoms with Crippen LogP contribution in [0.5, 0.6) is 0 Å². The monoisotopic (exact) mass is 353 g/mol. The van der Waals surface area contributed by atoms with Crippen LogP contribution < -0.4 is 4.72 Å². The van der Waals surface area contributed by atoms with Gasteiger partial charge in [0.05, 0.1) is 11.3 Å². The number of nitrogens with zero attached hydrogens (tertiary/aromatic N) is 1. The van der Waals surface area contributed by atoms with E-state index in [-0.39, 0.29) is 5.56 Å². The number of hydrogen-bond acceptors (Lipinski definition) is 4. The minimum atomic E-state index is -4.78. The van der Waals surface area contributed by atoms with Gasteiger partial charge in [0, 0.05) is 23.3 Å². The quantitative estimate of drug-likeness (QED) is 0.492. The molecule has 7 nitrogen and oxygen atoms in total. The summed E-state index contributed by atoms with van der Waals surface area (Å²) in [5.41, 5.74) is -1.37. The van der Waals surface area contributed by atoms with Crippen LogP contribution in [0.25, 0.3) is 11.0 Å². The topological polar surface area (TPSA) is 112 Å². The van der Waals surface area contributed by atoms with E-state index in [1.165, 1.54) is 17.1 Å². The predicted molar refractivity (Wildman–Crippen MR) is 81.1 cm³/mol. The first-order valence-corrected chi connectivity index (χ1v) is 7.92. The van der Waals surface area contributed by atoms with Crippen molar-refractivity contribution in [1.29, 1.82) is 0 Å². The molecule has 0 radical (unpaired) electrons. The van der Waals surface area contributed by atoms with Crippen molar-refractivity contribution in [3.8, 4) is 0 Å². The molecule has 2 aromatic heterocycles. The van der Waals surface area contributed by atoms with Crippen LogP contribution in [0.15, 0.2) is 36.7 Å². The molecule has 24 heavy (non-hydrogen) atoms. The van der Waals surface area contributed by atoms with E-state index in [4.69, 9.17) is 4.55 Å². The number of aromatic amines is 1. The van der Waals surface area contributed by atoms with Crippen molar-refractivity contribution < 1.29 is 26.5 Å². The van der Waals surface area contributed by atoms with Crippen molar-refractivity contribution in [2.75, 3.05) is 4.72 Å². The highest BCUT2D eigenvalue weighted by molar-refractivity contribution is 7.87. The first kappa shape index (κ1) is 16.0. The summed E-state index contributed by atoms with van der Waals surface area (Å²) in [5.74, 6) is -3.60. The summed E-state index contributed by atoms with van der Waals surface area (Å²) < 4.78 is 60.2. The minimum Gasteiger partial charge on any atom is -0.345 e. The lowest BCUT2D eigenvalue weighted by Crippen LogP contribution is -2.15. The zero-order chi connectivity index (χ0) is 17.5. The summed E-state index contributed by atoms with van der Waals surface area (Å²) in [6, 6.07) is 4.57. The number of fused-ring (bicyclic) bond motifs is 1. The summed E-state index contributed by atoms with van der Waals surface area (Å²) in [6.07, 6.45) is 2.73. The Morgan fingerprint density at radius 2 is 2.00 bits per heavy atom. The Bertz CT molecular complexity index is 1060. The van der Waals surface area contributed by atoms with E-state index in [1.54, 1.807) is 12.1 Å². The number of benzene rings is 1. The minimum absolute atomic E-state index is 0.0279. The van der Waals surface area contributed by atoms with Crippen LogP contribution in [-0.2, 0) is 10.3 Å². The molecule has 3 rings (SSSR count). The maximum atomic E-state index is 14.4. The van der Waals surface area contributed by atoms with Crippen LogP contribution in [0.4, 0.5) is 14.5 Å². The number of nitrogens with one attached hydrogen (secondary N) is 2. The van der Waals surface area contributed by atoms with E-state index in [0.29, 0.717) is 11.0 Å². The molecule has 3 aromatic rings. The molecule has 0 aliphatic carbocycles. The summed E-state index contributed by atoms with van der Waals surface area (Å²) in [7, 11) is -4.78. The molecule has 0 aliphatic heterocycles. The van der Waals surface area contributed by atoms with Gasteiger partial charge in [0.25, 0.3) is 0 Å². The van der Waals surface area contributed by atoms with Crippen LogP contribution in [0.3, 0.4) is 0 Å². The van der Waals surface area contributed by atoms with Crippen molar-refractivity contribution in [3.63, 3.8) is 0 Å². The highest BCUT2D eigenvalue weighted by atomic mass is 32.2. The lowest BCUT2D eigenvalue weighted by atomic mass is 10.0. The fourth-order valence-corrected chi connectivity index (χ4v) is 2.69. The zero-order valence-corrected chi connectivity index (χ0v) is 12.6. The number of rotatable bonds is 4. The van der Waals surface area contributed by atoms with Crippen LogP contribution in [0.1, 0.15) is 15.9 Å². The third kappa shape index (κ3) is 2.84. The average molecular weight is 353 g/mol. The van der Waals surface area contributed by atoms with Crippen molar-refractivity contribution >= 4 is 32.8 Å². The number of aromatic nitrogens is 2. The third-order valence-corrected chi connectivity index (χ3v) is 3.73. The van der Waals surface area contributed by atoms with Gasteiger partial charge in [0.15, 0.2) is 5.82 Å². The summed E-state index contributed by atoms with van der Waals surface area (Å²) in [6.45, 7) is 0. The SMILES string of the molecule is O=C(c1c(F)ccc(NS(=O)(=O)O)c1F)c1c[nH]c2ncccc12. The largest absolute Gasteiger partial charge is 0.357 e. The average Bonchev–Trinajstić information content (AvgIpc) is 2.93. The number of carbonyl (C=O) groups excluding carboxylic acids is 1. The van der Waals surface area contributed by atoms with Gasteiger partial charge in [-0.3, -0.25) is 14.1 Å². The first-order valence-electron chi connectivity index (χ1n) is 6.48. The van der Waals surface area contributed by atoms with Gasteiger partial charge in [0.1, 0.15) is 11.5 Å². The van der Waals surface area contributed by atoms with E-state index in [1.807, 2.05) is 0 Å². The second-order valence-electron chi connectivity index (χ2n) is 4.79. The third-order valence-electron chi connectivity index (χ3n) is 3.25. The second-order valence-corrected chi connectivity index (χ2v) is 5.95. The highest BCUT2D eigenvalue weighted by Gasteiger charge is 2.25. The van der Waals surface area contributed by atoms with Gasteiger partial charge in [-0.1, -0.05) is 0 Å². The molecule has 2 heterocycles. The molecule has 0 aliphatic rings. The maximum absolute atomic E-state index is 14.4. The standard InChI is InChI=1S/C14H9F2N3O4S/c15-9-3-4-10(19-24(21,22)23)12(16)11(9)13(20)8-6-18-14-7(8)2-1-5-17-14/h1-6,19H,(H,17,18)(H,21,22,23).